The molecule has 0 unspecified atom stereocenters. The third-order valence-corrected chi connectivity index (χ3v) is 2.06. The van der Waals surface area contributed by atoms with Crippen LogP contribution in [-0.2, 0) is 0 Å². The van der Waals surface area contributed by atoms with Crippen molar-refractivity contribution in [1.29, 1.82) is 0 Å². The third kappa shape index (κ3) is 1.64. The average Bonchev–Trinajstić information content (AvgIpc) is 2.70. The number of hydrogen-bond donors (Lipinski definition) is 0. The highest BCUT2D eigenvalue weighted by Gasteiger charge is 2.20. The third-order valence-electron chi connectivity index (χ3n) is 2.06. The molecular weight excluding hydrogens is 160 g/mol. The molecule has 1 heteroatoms. The molecule has 0 amide bonds. The van der Waals surface area contributed by atoms with Gasteiger partial charge in [-0.25, -0.2) is 0 Å². The van der Waals surface area contributed by atoms with E-state index in [1.807, 2.05) is 49.9 Å². The minimum absolute atomic E-state index is 0.744. The van der Waals surface area contributed by atoms with E-state index in [0.717, 1.165) is 23.3 Å². The van der Waals surface area contributed by atoms with Crippen molar-refractivity contribution >= 4 is 6.29 Å². The zero-order valence-corrected chi connectivity index (χ0v) is 7.10. The minimum atomic E-state index is 0.744. The summed E-state index contributed by atoms with van der Waals surface area (Å²) < 4.78 is 0. The summed E-state index contributed by atoms with van der Waals surface area (Å²) in [6.45, 7) is 0. The van der Waals surface area contributed by atoms with Crippen molar-refractivity contribution < 1.29 is 4.79 Å². The van der Waals surface area contributed by atoms with Crippen LogP contribution in [-0.4, -0.2) is 6.29 Å². The van der Waals surface area contributed by atoms with Gasteiger partial charge in [-0.1, -0.05) is 24.3 Å². The molecule has 0 aromatic heterocycles. The van der Waals surface area contributed by atoms with Crippen LogP contribution in [0.15, 0.2) is 24.3 Å². The van der Waals surface area contributed by atoms with Crippen molar-refractivity contribution in [3.05, 3.63) is 67.0 Å². The van der Waals surface area contributed by atoms with Crippen LogP contribution in [0, 0.1) is 31.6 Å². The summed E-state index contributed by atoms with van der Waals surface area (Å²) >= 11 is 0. The van der Waals surface area contributed by atoms with Gasteiger partial charge in [0, 0.05) is 11.5 Å². The van der Waals surface area contributed by atoms with Gasteiger partial charge in [0.15, 0.2) is 0 Å². The van der Waals surface area contributed by atoms with Crippen molar-refractivity contribution in [2.75, 3.05) is 0 Å². The Hall–Kier alpha value is -1.11. The lowest BCUT2D eigenvalue weighted by atomic mass is 9.93. The molecule has 2 rings (SSSR count). The number of aldehydes is 1. The first-order valence-electron chi connectivity index (χ1n) is 4.18. The van der Waals surface area contributed by atoms with Gasteiger partial charge in [0.2, 0.25) is 0 Å². The maximum absolute atomic E-state index is 10.7. The van der Waals surface area contributed by atoms with E-state index in [1.54, 1.807) is 0 Å². The molecule has 1 aliphatic rings. The van der Waals surface area contributed by atoms with Gasteiger partial charge in [-0.3, -0.25) is 4.79 Å². The zero-order chi connectivity index (χ0) is 9.10. The highest BCUT2D eigenvalue weighted by molar-refractivity contribution is 5.80. The van der Waals surface area contributed by atoms with Crippen LogP contribution >= 0.6 is 0 Å². The summed E-state index contributed by atoms with van der Waals surface area (Å²) in [7, 11) is 0. The topological polar surface area (TPSA) is 17.1 Å². The molecule has 13 heavy (non-hydrogen) atoms. The van der Waals surface area contributed by atoms with E-state index in [9.17, 15) is 4.79 Å². The van der Waals surface area contributed by atoms with Gasteiger partial charge >= 0.3 is 0 Å². The monoisotopic (exact) mass is 169 g/mol. The van der Waals surface area contributed by atoms with E-state index >= 15 is 0 Å². The molecule has 1 aromatic carbocycles. The van der Waals surface area contributed by atoms with Gasteiger partial charge in [0.05, 0.1) is 0 Å². The van der Waals surface area contributed by atoms with Crippen LogP contribution in [0.4, 0.5) is 0 Å². The van der Waals surface area contributed by atoms with Gasteiger partial charge in [-0.2, -0.15) is 0 Å². The van der Waals surface area contributed by atoms with E-state index in [-0.39, 0.29) is 0 Å². The fourth-order valence-corrected chi connectivity index (χ4v) is 1.42. The Bertz CT molecular complexity index is 298. The predicted molar refractivity (Wildman–Crippen MR) is 51.4 cm³/mol. The Labute approximate surface area is 78.8 Å². The minimum Gasteiger partial charge on any atom is -0.298 e. The van der Waals surface area contributed by atoms with Crippen LogP contribution in [0.25, 0.3) is 0 Å². The normalized spacial score (nSPS) is 17.5. The molecule has 0 saturated heterocycles. The van der Waals surface area contributed by atoms with E-state index < -0.39 is 0 Å². The predicted octanol–water partition coefficient (Wildman–Crippen LogP) is 2.25. The van der Waals surface area contributed by atoms with Gasteiger partial charge < -0.3 is 0 Å². The Morgan fingerprint density at radius 3 is 2.38 bits per heavy atom. The summed E-state index contributed by atoms with van der Waals surface area (Å²) in [5, 5.41) is 0. The number of hydrogen-bond acceptors (Lipinski definition) is 1. The van der Waals surface area contributed by atoms with Crippen LogP contribution in [0.3, 0.4) is 0 Å². The fourth-order valence-electron chi connectivity index (χ4n) is 1.42. The van der Waals surface area contributed by atoms with Gasteiger partial charge in [0.25, 0.3) is 0 Å². The molecule has 0 atom stereocenters. The number of carbonyl (C=O) groups is 1. The molecule has 63 valence electrons. The van der Waals surface area contributed by atoms with E-state index in [4.69, 9.17) is 0 Å². The number of rotatable bonds is 2. The van der Waals surface area contributed by atoms with Gasteiger partial charge in [-0.15, -0.1) is 0 Å². The molecule has 1 saturated carbocycles. The number of benzene rings is 1. The zero-order valence-electron chi connectivity index (χ0n) is 7.10. The van der Waals surface area contributed by atoms with Gasteiger partial charge in [0.1, 0.15) is 6.29 Å². The summed E-state index contributed by atoms with van der Waals surface area (Å²) in [5.41, 5.74) is 1.75. The lowest BCUT2D eigenvalue weighted by molar-refractivity contribution is 0.112. The summed E-state index contributed by atoms with van der Waals surface area (Å²) in [4.78, 5) is 10.7. The molecule has 1 nitrogen and oxygen atoms in total. The molecule has 1 aromatic rings. The molecule has 0 bridgehead atoms. The van der Waals surface area contributed by atoms with Crippen LogP contribution < -0.4 is 0 Å². The van der Waals surface area contributed by atoms with E-state index in [2.05, 4.69) is 0 Å². The van der Waals surface area contributed by atoms with Crippen LogP contribution in [0.2, 0.25) is 0 Å². The first-order chi connectivity index (χ1) is 6.42. The molecule has 0 aliphatic heterocycles. The highest BCUT2D eigenvalue weighted by Crippen LogP contribution is 2.31. The SMILES string of the molecule is O=Cc1ccccc1[C]1[CH][CH][CH][CH]1. The Kier molecular flexibility index (Phi) is 2.44. The Morgan fingerprint density at radius 1 is 1.00 bits per heavy atom. The highest BCUT2D eigenvalue weighted by atomic mass is 16.1. The number of carbonyl (C=O) groups excluding carboxylic acids is 1. The second-order valence-corrected chi connectivity index (χ2v) is 2.88. The molecule has 0 heterocycles. The molecule has 0 N–H and O–H groups in total. The van der Waals surface area contributed by atoms with Crippen molar-refractivity contribution in [3.63, 3.8) is 0 Å². The maximum Gasteiger partial charge on any atom is 0.150 e. The quantitative estimate of drug-likeness (QED) is 0.620. The first kappa shape index (κ1) is 8.49. The second kappa shape index (κ2) is 3.73. The lowest BCUT2D eigenvalue weighted by Gasteiger charge is -2.09. The van der Waals surface area contributed by atoms with Crippen LogP contribution in [0.5, 0.6) is 0 Å². The summed E-state index contributed by atoms with van der Waals surface area (Å²) in [5.74, 6) is 1.10. The van der Waals surface area contributed by atoms with Gasteiger partial charge in [-0.05, 0) is 31.2 Å². The van der Waals surface area contributed by atoms with Crippen molar-refractivity contribution in [3.8, 4) is 0 Å². The summed E-state index contributed by atoms with van der Waals surface area (Å²) in [6.07, 6.45) is 8.83. The lowest BCUT2D eigenvalue weighted by Crippen LogP contribution is -1.99. The Morgan fingerprint density at radius 2 is 1.69 bits per heavy atom. The van der Waals surface area contributed by atoms with Crippen LogP contribution in [0.1, 0.15) is 15.9 Å². The smallest absolute Gasteiger partial charge is 0.150 e. The fraction of sp³-hybridized carbons (Fsp3) is 0. The second-order valence-electron chi connectivity index (χ2n) is 2.88. The average molecular weight is 169 g/mol. The molecular formula is C12H9O. The van der Waals surface area contributed by atoms with E-state index in [0.29, 0.717) is 0 Å². The first-order valence-corrected chi connectivity index (χ1v) is 4.18. The molecule has 1 aliphatic carbocycles. The van der Waals surface area contributed by atoms with Crippen molar-refractivity contribution in [2.45, 2.75) is 0 Å². The molecule has 0 spiro atoms. The molecule has 1 fully saturated rings. The Balaban J connectivity index is 2.31. The standard InChI is InChI=1S/C12H9O/c13-9-11-7-3-4-8-12(11)10-5-1-2-6-10/h1-9H. The maximum atomic E-state index is 10.7. The van der Waals surface area contributed by atoms with Crippen molar-refractivity contribution in [2.24, 2.45) is 0 Å². The molecule has 5 radical (unpaired) electrons. The van der Waals surface area contributed by atoms with Crippen molar-refractivity contribution in [1.82, 2.24) is 0 Å². The largest absolute Gasteiger partial charge is 0.298 e. The summed E-state index contributed by atoms with van der Waals surface area (Å²) in [6, 6.07) is 7.60. The van der Waals surface area contributed by atoms with E-state index in [1.165, 1.54) is 0 Å².